The van der Waals surface area contributed by atoms with Crippen LogP contribution in [-0.2, 0) is 12.4 Å². The number of rotatable bonds is 4. The highest BCUT2D eigenvalue weighted by molar-refractivity contribution is 9.10. The van der Waals surface area contributed by atoms with Crippen molar-refractivity contribution in [2.45, 2.75) is 17.3 Å². The number of aliphatic hydroxyl groups excluding tert-OH is 1. The standard InChI is InChI=1S/C13H12BrNOS/c14-11-4-5-12(15-7-11)9-17-13-3-1-2-10(6-13)8-16/h1-7,16H,8-9H2. The summed E-state index contributed by atoms with van der Waals surface area (Å²) in [5, 5.41) is 9.05. The van der Waals surface area contributed by atoms with E-state index >= 15 is 0 Å². The maximum atomic E-state index is 9.05. The van der Waals surface area contributed by atoms with Gasteiger partial charge in [-0.1, -0.05) is 12.1 Å². The molecule has 0 aliphatic carbocycles. The molecule has 1 N–H and O–H groups in total. The third kappa shape index (κ3) is 3.84. The number of nitrogens with zero attached hydrogens (tertiary/aromatic N) is 1. The first kappa shape index (κ1) is 12.6. The van der Waals surface area contributed by atoms with E-state index in [2.05, 4.69) is 20.9 Å². The predicted octanol–water partition coefficient (Wildman–Crippen LogP) is 3.63. The first-order valence-electron chi connectivity index (χ1n) is 5.21. The fourth-order valence-corrected chi connectivity index (χ4v) is 2.51. The van der Waals surface area contributed by atoms with E-state index < -0.39 is 0 Å². The highest BCUT2D eigenvalue weighted by Gasteiger charge is 1.99. The van der Waals surface area contributed by atoms with Crippen molar-refractivity contribution in [2.24, 2.45) is 0 Å². The molecule has 2 aromatic rings. The molecule has 0 aliphatic rings. The molecule has 4 heteroatoms. The molecular weight excluding hydrogens is 298 g/mol. The van der Waals surface area contributed by atoms with Crippen LogP contribution in [0.15, 0.2) is 52.0 Å². The van der Waals surface area contributed by atoms with Crippen molar-refractivity contribution >= 4 is 27.7 Å². The van der Waals surface area contributed by atoms with Gasteiger partial charge in [0.15, 0.2) is 0 Å². The van der Waals surface area contributed by atoms with E-state index in [4.69, 9.17) is 5.11 Å². The monoisotopic (exact) mass is 309 g/mol. The third-order valence-electron chi connectivity index (χ3n) is 2.26. The Morgan fingerprint density at radius 1 is 1.24 bits per heavy atom. The van der Waals surface area contributed by atoms with Gasteiger partial charge in [0.05, 0.1) is 12.3 Å². The second-order valence-corrected chi connectivity index (χ2v) is 5.53. The third-order valence-corrected chi connectivity index (χ3v) is 3.75. The summed E-state index contributed by atoms with van der Waals surface area (Å²) in [6, 6.07) is 11.9. The van der Waals surface area contributed by atoms with Gasteiger partial charge in [-0.05, 0) is 45.8 Å². The molecule has 1 aromatic carbocycles. The number of pyridine rings is 1. The molecular formula is C13H12BrNOS. The van der Waals surface area contributed by atoms with Crippen molar-refractivity contribution in [3.8, 4) is 0 Å². The average Bonchev–Trinajstić information content (AvgIpc) is 2.38. The molecule has 17 heavy (non-hydrogen) atoms. The van der Waals surface area contributed by atoms with E-state index in [1.165, 1.54) is 0 Å². The van der Waals surface area contributed by atoms with Gasteiger partial charge < -0.3 is 5.11 Å². The molecule has 0 spiro atoms. The Balaban J connectivity index is 1.99. The molecule has 0 unspecified atom stereocenters. The minimum Gasteiger partial charge on any atom is -0.392 e. The first-order valence-corrected chi connectivity index (χ1v) is 6.99. The van der Waals surface area contributed by atoms with Crippen molar-refractivity contribution in [3.05, 3.63) is 58.3 Å². The number of aliphatic hydroxyl groups is 1. The highest BCUT2D eigenvalue weighted by Crippen LogP contribution is 2.23. The zero-order valence-electron chi connectivity index (χ0n) is 9.14. The summed E-state index contributed by atoms with van der Waals surface area (Å²) in [4.78, 5) is 5.47. The minimum absolute atomic E-state index is 0.0882. The molecule has 0 saturated carbocycles. The number of hydrogen-bond acceptors (Lipinski definition) is 3. The van der Waals surface area contributed by atoms with Gasteiger partial charge in [-0.25, -0.2) is 0 Å². The molecule has 0 aliphatic heterocycles. The lowest BCUT2D eigenvalue weighted by atomic mass is 10.2. The fraction of sp³-hybridized carbons (Fsp3) is 0.154. The van der Waals surface area contributed by atoms with Gasteiger partial charge in [-0.2, -0.15) is 0 Å². The quantitative estimate of drug-likeness (QED) is 0.876. The van der Waals surface area contributed by atoms with Crippen molar-refractivity contribution in [1.29, 1.82) is 0 Å². The van der Waals surface area contributed by atoms with Crippen LogP contribution in [0, 0.1) is 0 Å². The van der Waals surface area contributed by atoms with Crippen LogP contribution in [0.3, 0.4) is 0 Å². The smallest absolute Gasteiger partial charge is 0.0682 e. The van der Waals surface area contributed by atoms with Crippen LogP contribution in [0.4, 0.5) is 0 Å². The Kier molecular flexibility index (Phi) is 4.59. The van der Waals surface area contributed by atoms with Gasteiger partial charge in [0.1, 0.15) is 0 Å². The lowest BCUT2D eigenvalue weighted by molar-refractivity contribution is 0.281. The maximum Gasteiger partial charge on any atom is 0.0682 e. The second-order valence-electron chi connectivity index (χ2n) is 3.56. The second kappa shape index (κ2) is 6.19. The average molecular weight is 310 g/mol. The van der Waals surface area contributed by atoms with Crippen molar-refractivity contribution in [2.75, 3.05) is 0 Å². The molecule has 88 valence electrons. The molecule has 0 amide bonds. The SMILES string of the molecule is OCc1cccc(SCc2ccc(Br)cn2)c1. The zero-order chi connectivity index (χ0) is 12.1. The minimum atomic E-state index is 0.0882. The van der Waals surface area contributed by atoms with Gasteiger partial charge in [0.2, 0.25) is 0 Å². The molecule has 0 atom stereocenters. The van der Waals surface area contributed by atoms with Gasteiger partial charge >= 0.3 is 0 Å². The van der Waals surface area contributed by atoms with E-state index in [0.29, 0.717) is 0 Å². The number of aromatic nitrogens is 1. The normalized spacial score (nSPS) is 10.5. The van der Waals surface area contributed by atoms with E-state index in [0.717, 1.165) is 26.4 Å². The number of halogens is 1. The van der Waals surface area contributed by atoms with Crippen LogP contribution < -0.4 is 0 Å². The summed E-state index contributed by atoms with van der Waals surface area (Å²) in [6.07, 6.45) is 1.81. The van der Waals surface area contributed by atoms with E-state index in [1.54, 1.807) is 18.0 Å². The van der Waals surface area contributed by atoms with Crippen LogP contribution in [0.2, 0.25) is 0 Å². The van der Waals surface area contributed by atoms with Crippen LogP contribution in [0.1, 0.15) is 11.3 Å². The van der Waals surface area contributed by atoms with Crippen LogP contribution in [-0.4, -0.2) is 10.1 Å². The molecule has 0 bridgehead atoms. The van der Waals surface area contributed by atoms with Crippen LogP contribution >= 0.6 is 27.7 Å². The number of hydrogen-bond donors (Lipinski definition) is 1. The zero-order valence-corrected chi connectivity index (χ0v) is 11.5. The summed E-state index contributed by atoms with van der Waals surface area (Å²) in [5.41, 5.74) is 1.99. The summed E-state index contributed by atoms with van der Waals surface area (Å²) in [7, 11) is 0. The van der Waals surface area contributed by atoms with Gasteiger partial charge in [-0.3, -0.25) is 4.98 Å². The van der Waals surface area contributed by atoms with Crippen molar-refractivity contribution < 1.29 is 5.11 Å². The summed E-state index contributed by atoms with van der Waals surface area (Å²) < 4.78 is 0.994. The lowest BCUT2D eigenvalue weighted by Gasteiger charge is -2.03. The summed E-state index contributed by atoms with van der Waals surface area (Å²) in [5.74, 6) is 0.835. The maximum absolute atomic E-state index is 9.05. The number of benzene rings is 1. The molecule has 2 nitrogen and oxygen atoms in total. The molecule has 0 saturated heterocycles. The van der Waals surface area contributed by atoms with E-state index in [1.807, 2.05) is 36.4 Å². The number of thioether (sulfide) groups is 1. The first-order chi connectivity index (χ1) is 8.28. The topological polar surface area (TPSA) is 33.1 Å². The Morgan fingerprint density at radius 3 is 2.82 bits per heavy atom. The Bertz CT molecular complexity index is 487. The molecule has 0 fully saturated rings. The van der Waals surface area contributed by atoms with Crippen molar-refractivity contribution in [1.82, 2.24) is 4.98 Å². The summed E-state index contributed by atoms with van der Waals surface area (Å²) >= 11 is 5.08. The molecule has 1 aromatic heterocycles. The van der Waals surface area contributed by atoms with Gasteiger partial charge in [0.25, 0.3) is 0 Å². The fourth-order valence-electron chi connectivity index (χ4n) is 1.38. The molecule has 2 rings (SSSR count). The predicted molar refractivity (Wildman–Crippen MR) is 73.9 cm³/mol. The highest BCUT2D eigenvalue weighted by atomic mass is 79.9. The Morgan fingerprint density at radius 2 is 2.12 bits per heavy atom. The Labute approximate surface area is 113 Å². The molecule has 0 radical (unpaired) electrons. The molecule has 1 heterocycles. The van der Waals surface area contributed by atoms with Crippen molar-refractivity contribution in [3.63, 3.8) is 0 Å². The lowest BCUT2D eigenvalue weighted by Crippen LogP contribution is -1.87. The Hall–Kier alpha value is -0.840. The van der Waals surface area contributed by atoms with Crippen LogP contribution in [0.25, 0.3) is 0 Å². The summed E-state index contributed by atoms with van der Waals surface area (Å²) in [6.45, 7) is 0.0882. The van der Waals surface area contributed by atoms with E-state index in [9.17, 15) is 0 Å². The largest absolute Gasteiger partial charge is 0.392 e. The van der Waals surface area contributed by atoms with E-state index in [-0.39, 0.29) is 6.61 Å². The van der Waals surface area contributed by atoms with Gasteiger partial charge in [0, 0.05) is 21.3 Å². The van der Waals surface area contributed by atoms with Crippen LogP contribution in [0.5, 0.6) is 0 Å². The van der Waals surface area contributed by atoms with Gasteiger partial charge in [-0.15, -0.1) is 11.8 Å².